The summed E-state index contributed by atoms with van der Waals surface area (Å²) < 4.78 is 28.1. The Hall–Kier alpha value is -3.13. The van der Waals surface area contributed by atoms with Crippen LogP contribution in [0.4, 0.5) is 4.79 Å². The molecule has 0 fully saturated rings. The number of hydrogen-bond acceptors (Lipinski definition) is 4. The van der Waals surface area contributed by atoms with Crippen molar-refractivity contribution in [2.24, 2.45) is 0 Å². The highest BCUT2D eigenvalue weighted by atomic mass is 32.2. The second-order valence-electron chi connectivity index (χ2n) is 8.25. The molecule has 0 unspecified atom stereocenters. The molecule has 1 heterocycles. The van der Waals surface area contributed by atoms with Crippen LogP contribution >= 0.6 is 0 Å². The minimum atomic E-state index is -4.13. The standard InChI is InChI=1S/C25H31N3O4S/c1-5-6-7-24-19(3)26-28(20(24)4)22-12-10-21(11-13-22)16-17-27(25(29)30)33(31,32)23-14-8-18(2)9-15-23/h8-15H,5-7,16-17H2,1-4H3,(H,29,30). The number of rotatable bonds is 9. The van der Waals surface area contributed by atoms with Crippen LogP contribution in [0.2, 0.25) is 0 Å². The molecule has 0 atom stereocenters. The predicted molar refractivity (Wildman–Crippen MR) is 128 cm³/mol. The molecule has 176 valence electrons. The van der Waals surface area contributed by atoms with Gasteiger partial charge in [0.15, 0.2) is 0 Å². The lowest BCUT2D eigenvalue weighted by Gasteiger charge is -2.19. The molecule has 1 amide bonds. The van der Waals surface area contributed by atoms with Crippen LogP contribution in [0.25, 0.3) is 5.69 Å². The monoisotopic (exact) mass is 469 g/mol. The van der Waals surface area contributed by atoms with Crippen LogP contribution in [0.15, 0.2) is 53.4 Å². The van der Waals surface area contributed by atoms with E-state index in [1.807, 2.05) is 42.8 Å². The van der Waals surface area contributed by atoms with E-state index < -0.39 is 16.1 Å². The first-order chi connectivity index (χ1) is 15.6. The number of carboxylic acid groups (broad SMARTS) is 1. The molecule has 1 N–H and O–H groups in total. The van der Waals surface area contributed by atoms with Gasteiger partial charge in [-0.15, -0.1) is 0 Å². The first-order valence-corrected chi connectivity index (χ1v) is 12.6. The number of aromatic nitrogens is 2. The maximum absolute atomic E-state index is 12.8. The topological polar surface area (TPSA) is 92.5 Å². The Kier molecular flexibility index (Phi) is 7.58. The van der Waals surface area contributed by atoms with Crippen molar-refractivity contribution in [1.29, 1.82) is 0 Å². The number of hydrogen-bond donors (Lipinski definition) is 1. The summed E-state index contributed by atoms with van der Waals surface area (Å²) in [7, 11) is -4.13. The molecule has 3 aromatic rings. The maximum Gasteiger partial charge on any atom is 0.421 e. The second kappa shape index (κ2) is 10.2. The fourth-order valence-electron chi connectivity index (χ4n) is 3.83. The highest BCUT2D eigenvalue weighted by molar-refractivity contribution is 7.89. The van der Waals surface area contributed by atoms with E-state index in [0.29, 0.717) is 4.31 Å². The summed E-state index contributed by atoms with van der Waals surface area (Å²) in [5, 5.41) is 14.2. The van der Waals surface area contributed by atoms with Crippen LogP contribution in [0, 0.1) is 20.8 Å². The number of carbonyl (C=O) groups is 1. The zero-order valence-electron chi connectivity index (χ0n) is 19.6. The minimum Gasteiger partial charge on any atom is -0.464 e. The molecule has 0 saturated heterocycles. The van der Waals surface area contributed by atoms with Gasteiger partial charge in [0.05, 0.1) is 16.3 Å². The molecular formula is C25H31N3O4S. The van der Waals surface area contributed by atoms with Crippen LogP contribution in [0.5, 0.6) is 0 Å². The molecule has 1 aromatic heterocycles. The van der Waals surface area contributed by atoms with E-state index in [-0.39, 0.29) is 17.9 Å². The zero-order chi connectivity index (χ0) is 24.2. The molecule has 7 nitrogen and oxygen atoms in total. The van der Waals surface area contributed by atoms with Gasteiger partial charge in [-0.3, -0.25) is 0 Å². The van der Waals surface area contributed by atoms with Crippen LogP contribution in [0.1, 0.15) is 47.8 Å². The molecule has 3 rings (SSSR count). The SMILES string of the molecule is CCCCc1c(C)nn(-c2ccc(CCN(C(=O)O)S(=O)(=O)c3ccc(C)cc3)cc2)c1C. The van der Waals surface area contributed by atoms with Crippen molar-refractivity contribution >= 4 is 16.1 Å². The van der Waals surface area contributed by atoms with Crippen molar-refractivity contribution in [3.63, 3.8) is 0 Å². The Morgan fingerprint density at radius 1 is 1.00 bits per heavy atom. The zero-order valence-corrected chi connectivity index (χ0v) is 20.4. The van der Waals surface area contributed by atoms with Crippen molar-refractivity contribution in [2.75, 3.05) is 6.54 Å². The van der Waals surface area contributed by atoms with Crippen molar-refractivity contribution < 1.29 is 18.3 Å². The van der Waals surface area contributed by atoms with Crippen LogP contribution in [0.3, 0.4) is 0 Å². The lowest BCUT2D eigenvalue weighted by atomic mass is 10.1. The van der Waals surface area contributed by atoms with E-state index in [0.717, 1.165) is 47.5 Å². The summed E-state index contributed by atoms with van der Waals surface area (Å²) in [6.45, 7) is 7.95. The normalized spacial score (nSPS) is 11.5. The smallest absolute Gasteiger partial charge is 0.421 e. The summed E-state index contributed by atoms with van der Waals surface area (Å²) in [5.41, 5.74) is 6.09. The van der Waals surface area contributed by atoms with Gasteiger partial charge in [-0.25, -0.2) is 22.2 Å². The van der Waals surface area contributed by atoms with Crippen molar-refractivity contribution in [3.8, 4) is 5.69 Å². The molecular weight excluding hydrogens is 438 g/mol. The highest BCUT2D eigenvalue weighted by Gasteiger charge is 2.28. The summed E-state index contributed by atoms with van der Waals surface area (Å²) in [6.07, 6.45) is 2.04. The fraction of sp³-hybridized carbons (Fsp3) is 0.360. The van der Waals surface area contributed by atoms with E-state index >= 15 is 0 Å². The molecule has 0 aliphatic rings. The van der Waals surface area contributed by atoms with Crippen LogP contribution in [-0.2, 0) is 22.9 Å². The first kappa shape index (κ1) is 24.5. The fourth-order valence-corrected chi connectivity index (χ4v) is 5.10. The van der Waals surface area contributed by atoms with Gasteiger partial charge in [0, 0.05) is 12.2 Å². The van der Waals surface area contributed by atoms with Gasteiger partial charge in [0.1, 0.15) is 0 Å². The molecule has 0 aliphatic carbocycles. The van der Waals surface area contributed by atoms with Gasteiger partial charge >= 0.3 is 6.09 Å². The van der Waals surface area contributed by atoms with E-state index in [1.54, 1.807) is 12.1 Å². The lowest BCUT2D eigenvalue weighted by molar-refractivity contribution is 0.172. The Balaban J connectivity index is 1.75. The molecule has 0 bridgehead atoms. The number of amides is 1. The Labute approximate surface area is 195 Å². The number of aryl methyl sites for hydroxylation is 2. The van der Waals surface area contributed by atoms with E-state index in [9.17, 15) is 18.3 Å². The van der Waals surface area contributed by atoms with Gasteiger partial charge in [-0.2, -0.15) is 5.10 Å². The predicted octanol–water partition coefficient (Wildman–Crippen LogP) is 5.05. The summed E-state index contributed by atoms with van der Waals surface area (Å²) in [4.78, 5) is 11.7. The van der Waals surface area contributed by atoms with Gasteiger partial charge in [0.2, 0.25) is 0 Å². The van der Waals surface area contributed by atoms with Gasteiger partial charge in [-0.1, -0.05) is 43.2 Å². The molecule has 8 heteroatoms. The third-order valence-corrected chi connectivity index (χ3v) is 7.62. The third kappa shape index (κ3) is 5.45. The third-order valence-electron chi connectivity index (χ3n) is 5.83. The Morgan fingerprint density at radius 3 is 2.21 bits per heavy atom. The average Bonchev–Trinajstić information content (AvgIpc) is 3.06. The average molecular weight is 470 g/mol. The highest BCUT2D eigenvalue weighted by Crippen LogP contribution is 2.21. The summed E-state index contributed by atoms with van der Waals surface area (Å²) >= 11 is 0. The van der Waals surface area contributed by atoms with E-state index in [2.05, 4.69) is 18.9 Å². The van der Waals surface area contributed by atoms with Crippen LogP contribution < -0.4 is 0 Å². The first-order valence-electron chi connectivity index (χ1n) is 11.1. The summed E-state index contributed by atoms with van der Waals surface area (Å²) in [6, 6.07) is 13.8. The molecule has 2 aromatic carbocycles. The number of unbranched alkanes of at least 4 members (excludes halogenated alkanes) is 1. The molecule has 0 aliphatic heterocycles. The minimum absolute atomic E-state index is 0.0331. The van der Waals surface area contributed by atoms with Crippen molar-refractivity contribution in [2.45, 2.75) is 58.3 Å². The van der Waals surface area contributed by atoms with E-state index in [1.165, 1.54) is 17.7 Å². The van der Waals surface area contributed by atoms with Gasteiger partial charge in [-0.05, 0) is 75.4 Å². The Bertz CT molecular complexity index is 1210. The second-order valence-corrected chi connectivity index (χ2v) is 10.1. The van der Waals surface area contributed by atoms with E-state index in [4.69, 9.17) is 0 Å². The van der Waals surface area contributed by atoms with Crippen molar-refractivity contribution in [3.05, 3.63) is 76.6 Å². The van der Waals surface area contributed by atoms with Gasteiger partial charge in [0.25, 0.3) is 10.0 Å². The summed E-state index contributed by atoms with van der Waals surface area (Å²) in [5.74, 6) is 0. The maximum atomic E-state index is 12.8. The lowest BCUT2D eigenvalue weighted by Crippen LogP contribution is -2.37. The quantitative estimate of drug-likeness (QED) is 0.473. The number of nitrogens with zero attached hydrogens (tertiary/aromatic N) is 3. The molecule has 0 saturated carbocycles. The number of sulfonamides is 1. The largest absolute Gasteiger partial charge is 0.464 e. The molecule has 33 heavy (non-hydrogen) atoms. The molecule has 0 radical (unpaired) electrons. The Morgan fingerprint density at radius 2 is 1.64 bits per heavy atom. The number of benzene rings is 2. The molecule has 0 spiro atoms. The van der Waals surface area contributed by atoms with Crippen LogP contribution in [-0.4, -0.2) is 40.2 Å². The van der Waals surface area contributed by atoms with Crippen molar-refractivity contribution in [1.82, 2.24) is 14.1 Å². The van der Waals surface area contributed by atoms with Gasteiger partial charge < -0.3 is 5.11 Å².